The molecule has 0 bridgehead atoms. The Labute approximate surface area is 129 Å². The molecule has 0 saturated heterocycles. The van der Waals surface area contributed by atoms with Crippen LogP contribution in [0.5, 0.6) is 0 Å². The summed E-state index contributed by atoms with van der Waals surface area (Å²) in [6.07, 6.45) is 6.35. The normalized spacial score (nSPS) is 10.2. The summed E-state index contributed by atoms with van der Waals surface area (Å²) >= 11 is 0. The van der Waals surface area contributed by atoms with Crippen LogP contribution in [0.2, 0.25) is 0 Å². The molecule has 2 aromatic heterocycles. The van der Waals surface area contributed by atoms with Crippen molar-refractivity contribution in [2.45, 2.75) is 0 Å². The highest BCUT2D eigenvalue weighted by Gasteiger charge is 2.07. The van der Waals surface area contributed by atoms with Crippen LogP contribution in [0, 0.1) is 5.41 Å². The molecule has 0 aliphatic rings. The number of benzene rings is 1. The van der Waals surface area contributed by atoms with E-state index in [4.69, 9.17) is 5.41 Å². The smallest absolute Gasteiger partial charge is 0.229 e. The van der Waals surface area contributed by atoms with Gasteiger partial charge >= 0.3 is 0 Å². The summed E-state index contributed by atoms with van der Waals surface area (Å²) < 4.78 is 1.69. The summed E-state index contributed by atoms with van der Waals surface area (Å²) in [6, 6.07) is 9.68. The zero-order valence-corrected chi connectivity index (χ0v) is 12.0. The van der Waals surface area contributed by atoms with Gasteiger partial charge in [-0.15, -0.1) is 0 Å². The molecule has 0 amide bonds. The van der Waals surface area contributed by atoms with Gasteiger partial charge in [0.15, 0.2) is 0 Å². The van der Waals surface area contributed by atoms with E-state index < -0.39 is 0 Å². The van der Waals surface area contributed by atoms with Crippen LogP contribution in [0.3, 0.4) is 0 Å². The second-order valence-electron chi connectivity index (χ2n) is 4.66. The van der Waals surface area contributed by atoms with Gasteiger partial charge < -0.3 is 16.0 Å². The molecule has 7 heteroatoms. The first-order valence-corrected chi connectivity index (χ1v) is 6.70. The lowest BCUT2D eigenvalue weighted by Crippen LogP contribution is -2.03. The average Bonchev–Trinajstić information content (AvgIpc) is 2.94. The number of para-hydroxylation sites is 1. The maximum atomic E-state index is 7.47. The van der Waals surface area contributed by atoms with Gasteiger partial charge in [0.2, 0.25) is 5.95 Å². The van der Waals surface area contributed by atoms with Gasteiger partial charge in [0.05, 0.1) is 17.4 Å². The standard InChI is InChI=1S/C15H15N7.H2/c1-22-10-13(9-18-22)20-15-17-8-11(7-16)14(21-15)19-12-5-3-2-4-6-12;/h2-10,16H,1H3,(H2,17,19,20,21);1H. The van der Waals surface area contributed by atoms with Gasteiger partial charge in [-0.25, -0.2) is 4.98 Å². The summed E-state index contributed by atoms with van der Waals surface area (Å²) in [6.45, 7) is 0. The number of nitrogens with one attached hydrogen (secondary N) is 3. The van der Waals surface area contributed by atoms with E-state index in [-0.39, 0.29) is 1.43 Å². The summed E-state index contributed by atoms with van der Waals surface area (Å²) in [4.78, 5) is 8.63. The van der Waals surface area contributed by atoms with E-state index in [1.54, 1.807) is 17.1 Å². The number of anilines is 4. The minimum Gasteiger partial charge on any atom is -0.340 e. The fourth-order valence-corrected chi connectivity index (χ4v) is 1.93. The number of hydrogen-bond donors (Lipinski definition) is 3. The van der Waals surface area contributed by atoms with Gasteiger partial charge in [-0.1, -0.05) is 18.2 Å². The van der Waals surface area contributed by atoms with Crippen LogP contribution in [0.25, 0.3) is 0 Å². The van der Waals surface area contributed by atoms with Crippen LogP contribution < -0.4 is 10.6 Å². The molecule has 0 radical (unpaired) electrons. The van der Waals surface area contributed by atoms with Crippen molar-refractivity contribution in [3.05, 3.63) is 54.5 Å². The molecule has 0 aliphatic heterocycles. The zero-order chi connectivity index (χ0) is 15.4. The first-order chi connectivity index (χ1) is 10.7. The van der Waals surface area contributed by atoms with Gasteiger partial charge in [-0.2, -0.15) is 10.1 Å². The predicted octanol–water partition coefficient (Wildman–Crippen LogP) is 2.94. The fourth-order valence-electron chi connectivity index (χ4n) is 1.93. The second kappa shape index (κ2) is 6.04. The molecule has 0 unspecified atom stereocenters. The Kier molecular flexibility index (Phi) is 3.78. The van der Waals surface area contributed by atoms with E-state index in [1.807, 2.05) is 43.6 Å². The summed E-state index contributed by atoms with van der Waals surface area (Å²) in [5, 5.41) is 17.8. The number of aryl methyl sites for hydroxylation is 1. The van der Waals surface area contributed by atoms with E-state index in [9.17, 15) is 0 Å². The molecule has 0 aliphatic carbocycles. The highest BCUT2D eigenvalue weighted by Crippen LogP contribution is 2.19. The molecule has 7 nitrogen and oxygen atoms in total. The van der Waals surface area contributed by atoms with E-state index >= 15 is 0 Å². The molecule has 0 saturated carbocycles. The number of hydrogen-bond acceptors (Lipinski definition) is 6. The molecule has 112 valence electrons. The molecule has 3 N–H and O–H groups in total. The predicted molar refractivity (Wildman–Crippen MR) is 88.2 cm³/mol. The topological polar surface area (TPSA) is 91.5 Å². The van der Waals surface area contributed by atoms with Crippen molar-refractivity contribution in [3.8, 4) is 0 Å². The Morgan fingerprint density at radius 2 is 1.95 bits per heavy atom. The minimum absolute atomic E-state index is 0. The summed E-state index contributed by atoms with van der Waals surface area (Å²) in [5.74, 6) is 1.01. The lowest BCUT2D eigenvalue weighted by atomic mass is 10.3. The molecule has 22 heavy (non-hydrogen) atoms. The van der Waals surface area contributed by atoms with Crippen LogP contribution >= 0.6 is 0 Å². The largest absolute Gasteiger partial charge is 0.340 e. The Morgan fingerprint density at radius 1 is 1.14 bits per heavy atom. The number of aromatic nitrogens is 4. The van der Waals surface area contributed by atoms with Crippen molar-refractivity contribution in [2.24, 2.45) is 7.05 Å². The van der Waals surface area contributed by atoms with Crippen molar-refractivity contribution in [2.75, 3.05) is 10.6 Å². The van der Waals surface area contributed by atoms with Crippen molar-refractivity contribution < 1.29 is 1.43 Å². The third kappa shape index (κ3) is 3.09. The van der Waals surface area contributed by atoms with Crippen LogP contribution in [-0.2, 0) is 7.05 Å². The Balaban J connectivity index is 0.00000192. The van der Waals surface area contributed by atoms with Crippen molar-refractivity contribution >= 4 is 29.4 Å². The Morgan fingerprint density at radius 3 is 2.64 bits per heavy atom. The first kappa shape index (κ1) is 13.7. The fraction of sp³-hybridized carbons (Fsp3) is 0.0667. The van der Waals surface area contributed by atoms with E-state index in [0.29, 0.717) is 17.3 Å². The molecule has 0 spiro atoms. The zero-order valence-electron chi connectivity index (χ0n) is 12.0. The highest BCUT2D eigenvalue weighted by atomic mass is 15.3. The molecule has 1 aromatic carbocycles. The highest BCUT2D eigenvalue weighted by molar-refractivity contribution is 5.85. The molecule has 3 aromatic rings. The molecule has 3 rings (SSSR count). The van der Waals surface area contributed by atoms with Crippen LogP contribution in [0.15, 0.2) is 48.9 Å². The van der Waals surface area contributed by atoms with E-state index in [2.05, 4.69) is 25.7 Å². The second-order valence-corrected chi connectivity index (χ2v) is 4.66. The van der Waals surface area contributed by atoms with Gasteiger partial charge in [-0.05, 0) is 12.1 Å². The first-order valence-electron chi connectivity index (χ1n) is 6.70. The van der Waals surface area contributed by atoms with Gasteiger partial charge in [0.1, 0.15) is 5.82 Å². The van der Waals surface area contributed by atoms with Crippen molar-refractivity contribution in [3.63, 3.8) is 0 Å². The lowest BCUT2D eigenvalue weighted by Gasteiger charge is -2.10. The average molecular weight is 295 g/mol. The molecular formula is C15H17N7. The third-order valence-corrected chi connectivity index (χ3v) is 2.97. The molecule has 0 atom stereocenters. The third-order valence-electron chi connectivity index (χ3n) is 2.97. The maximum absolute atomic E-state index is 7.47. The SMILES string of the molecule is Cn1cc(Nc2ncc(C=N)c(Nc3ccccc3)n2)cn1.[HH]. The van der Waals surface area contributed by atoms with E-state index in [0.717, 1.165) is 11.4 Å². The maximum Gasteiger partial charge on any atom is 0.229 e. The Hall–Kier alpha value is -3.22. The molecular weight excluding hydrogens is 278 g/mol. The van der Waals surface area contributed by atoms with Crippen LogP contribution in [-0.4, -0.2) is 26.0 Å². The summed E-state index contributed by atoms with van der Waals surface area (Å²) in [7, 11) is 1.84. The number of rotatable bonds is 5. The van der Waals surface area contributed by atoms with Gasteiger partial charge in [0, 0.05) is 32.8 Å². The minimum atomic E-state index is 0. The quantitative estimate of drug-likeness (QED) is 0.629. The number of nitrogens with zero attached hydrogens (tertiary/aromatic N) is 4. The van der Waals surface area contributed by atoms with Crippen LogP contribution in [0.1, 0.15) is 6.99 Å². The van der Waals surface area contributed by atoms with Gasteiger partial charge in [0.25, 0.3) is 0 Å². The molecule has 2 heterocycles. The Bertz CT molecular complexity index is 786. The van der Waals surface area contributed by atoms with Crippen molar-refractivity contribution in [1.29, 1.82) is 5.41 Å². The summed E-state index contributed by atoms with van der Waals surface area (Å²) in [5.41, 5.74) is 2.31. The van der Waals surface area contributed by atoms with Crippen LogP contribution in [0.4, 0.5) is 23.1 Å². The van der Waals surface area contributed by atoms with Gasteiger partial charge in [-0.3, -0.25) is 4.68 Å². The van der Waals surface area contributed by atoms with E-state index in [1.165, 1.54) is 6.21 Å². The van der Waals surface area contributed by atoms with Crippen molar-refractivity contribution in [1.82, 2.24) is 19.7 Å². The monoisotopic (exact) mass is 295 g/mol. The molecule has 0 fully saturated rings. The lowest BCUT2D eigenvalue weighted by molar-refractivity contribution is 0.768.